The van der Waals surface area contributed by atoms with Crippen LogP contribution in [0.2, 0.25) is 0 Å². The molecule has 11 heteroatoms. The Balaban J connectivity index is 1.20. The number of fused-ring (bicyclic) bond motifs is 2. The van der Waals surface area contributed by atoms with Crippen LogP contribution in [0.5, 0.6) is 11.6 Å². The maximum absolute atomic E-state index is 14.1. The number of aryl methyl sites for hydroxylation is 1. The Morgan fingerprint density at radius 3 is 2.70 bits per heavy atom. The smallest absolute Gasteiger partial charge is 0.243 e. The Hall–Kier alpha value is -4.48. The fourth-order valence-corrected chi connectivity index (χ4v) is 6.16. The third kappa shape index (κ3) is 5.19. The van der Waals surface area contributed by atoms with Crippen LogP contribution in [-0.4, -0.2) is 93.8 Å². The number of aromatic amines is 1. The number of aromatic nitrogens is 5. The lowest BCUT2D eigenvalue weighted by Gasteiger charge is -2.42. The zero-order valence-electron chi connectivity index (χ0n) is 24.6. The first-order valence-electron chi connectivity index (χ1n) is 14.6. The molecule has 5 heterocycles. The highest BCUT2D eigenvalue weighted by atomic mass is 16.5. The highest BCUT2D eigenvalue weighted by Gasteiger charge is 2.35. The molecular formula is C32H35N7O4. The average molecular weight is 582 g/mol. The highest BCUT2D eigenvalue weighted by molar-refractivity contribution is 5.85. The lowest BCUT2D eigenvalue weighted by Crippen LogP contribution is -2.53. The number of carbonyl (C=O) groups is 1. The number of hydrogen-bond acceptors (Lipinski definition) is 8. The molecule has 43 heavy (non-hydrogen) atoms. The Labute approximate surface area is 249 Å². The van der Waals surface area contributed by atoms with E-state index in [1.54, 1.807) is 14.2 Å². The number of H-pyrrole nitrogens is 1. The van der Waals surface area contributed by atoms with Crippen molar-refractivity contribution in [2.24, 2.45) is 5.92 Å². The van der Waals surface area contributed by atoms with Gasteiger partial charge in [0.05, 0.1) is 61.4 Å². The molecule has 2 saturated heterocycles. The SMILES string of the molecule is COc1ccc2nc(C)n(CC(=O)N3CCN(CC4COC4)CC3c3ncc(-c4cc5ccccc5nc4OC)[nH]3)c2c1. The van der Waals surface area contributed by atoms with Gasteiger partial charge in [-0.05, 0) is 31.2 Å². The van der Waals surface area contributed by atoms with Crippen molar-refractivity contribution in [1.82, 2.24) is 34.3 Å². The molecule has 0 saturated carbocycles. The van der Waals surface area contributed by atoms with Gasteiger partial charge in [-0.15, -0.1) is 0 Å². The summed E-state index contributed by atoms with van der Waals surface area (Å²) < 4.78 is 18.5. The van der Waals surface area contributed by atoms with Crippen LogP contribution in [-0.2, 0) is 16.1 Å². The summed E-state index contributed by atoms with van der Waals surface area (Å²) in [7, 11) is 3.26. The van der Waals surface area contributed by atoms with Crippen LogP contribution in [0.1, 0.15) is 17.7 Å². The van der Waals surface area contributed by atoms with Gasteiger partial charge < -0.3 is 28.7 Å². The molecule has 0 radical (unpaired) electrons. The molecule has 5 aromatic rings. The largest absolute Gasteiger partial charge is 0.497 e. The Morgan fingerprint density at radius 2 is 1.91 bits per heavy atom. The maximum atomic E-state index is 14.1. The number of amides is 1. The minimum Gasteiger partial charge on any atom is -0.497 e. The van der Waals surface area contributed by atoms with Crippen molar-refractivity contribution >= 4 is 27.8 Å². The quantitative estimate of drug-likeness (QED) is 0.295. The van der Waals surface area contributed by atoms with E-state index in [1.807, 2.05) is 65.1 Å². The number of imidazole rings is 2. The van der Waals surface area contributed by atoms with Gasteiger partial charge in [-0.2, -0.15) is 0 Å². The third-order valence-corrected chi connectivity index (χ3v) is 8.53. The summed E-state index contributed by atoms with van der Waals surface area (Å²) in [6, 6.07) is 15.5. The van der Waals surface area contributed by atoms with E-state index >= 15 is 0 Å². The van der Waals surface area contributed by atoms with Crippen molar-refractivity contribution in [3.63, 3.8) is 0 Å². The van der Waals surface area contributed by atoms with E-state index in [0.29, 0.717) is 24.9 Å². The van der Waals surface area contributed by atoms with Crippen molar-refractivity contribution in [2.45, 2.75) is 19.5 Å². The highest BCUT2D eigenvalue weighted by Crippen LogP contribution is 2.33. The first-order valence-corrected chi connectivity index (χ1v) is 14.6. The van der Waals surface area contributed by atoms with Crippen LogP contribution in [0.15, 0.2) is 54.7 Å². The first-order chi connectivity index (χ1) is 21.0. The first kappa shape index (κ1) is 27.4. The number of piperazine rings is 1. The van der Waals surface area contributed by atoms with Crippen molar-refractivity contribution in [3.05, 3.63) is 66.4 Å². The molecule has 0 spiro atoms. The molecule has 2 fully saturated rings. The van der Waals surface area contributed by atoms with Gasteiger partial charge in [0.1, 0.15) is 30.0 Å². The molecule has 7 rings (SSSR count). The number of nitrogens with zero attached hydrogens (tertiary/aromatic N) is 6. The van der Waals surface area contributed by atoms with Crippen LogP contribution in [0.3, 0.4) is 0 Å². The molecule has 222 valence electrons. The maximum Gasteiger partial charge on any atom is 0.243 e. The summed E-state index contributed by atoms with van der Waals surface area (Å²) in [5.41, 5.74) is 4.20. The van der Waals surface area contributed by atoms with Gasteiger partial charge in [0.15, 0.2) is 0 Å². The van der Waals surface area contributed by atoms with Crippen LogP contribution < -0.4 is 9.47 Å². The van der Waals surface area contributed by atoms with Crippen molar-refractivity contribution in [2.75, 3.05) is 53.6 Å². The number of para-hydroxylation sites is 1. The Bertz CT molecular complexity index is 1790. The number of ether oxygens (including phenoxy) is 3. The molecule has 1 amide bonds. The van der Waals surface area contributed by atoms with Crippen molar-refractivity contribution in [3.8, 4) is 22.9 Å². The number of rotatable bonds is 8. The summed E-state index contributed by atoms with van der Waals surface area (Å²) in [5, 5.41) is 1.01. The summed E-state index contributed by atoms with van der Waals surface area (Å²) >= 11 is 0. The van der Waals surface area contributed by atoms with Crippen LogP contribution in [0.25, 0.3) is 33.2 Å². The van der Waals surface area contributed by atoms with Crippen molar-refractivity contribution in [1.29, 1.82) is 0 Å². The number of pyridine rings is 1. The Morgan fingerprint density at radius 1 is 1.05 bits per heavy atom. The number of nitrogens with one attached hydrogen (secondary N) is 1. The molecule has 0 bridgehead atoms. The molecule has 11 nitrogen and oxygen atoms in total. The molecule has 1 N–H and O–H groups in total. The van der Waals surface area contributed by atoms with Gasteiger partial charge in [-0.3, -0.25) is 9.69 Å². The molecule has 0 aliphatic carbocycles. The van der Waals surface area contributed by atoms with Gasteiger partial charge in [0, 0.05) is 43.5 Å². The predicted octanol–water partition coefficient (Wildman–Crippen LogP) is 3.83. The van der Waals surface area contributed by atoms with Gasteiger partial charge in [-0.1, -0.05) is 18.2 Å². The monoisotopic (exact) mass is 581 g/mol. The van der Waals surface area contributed by atoms with Gasteiger partial charge in [0.2, 0.25) is 11.8 Å². The fourth-order valence-electron chi connectivity index (χ4n) is 6.16. The zero-order chi connectivity index (χ0) is 29.5. The van der Waals surface area contributed by atoms with E-state index in [0.717, 1.165) is 76.9 Å². The molecule has 2 aliphatic heterocycles. The Kier molecular flexibility index (Phi) is 7.20. The van der Waals surface area contributed by atoms with E-state index in [4.69, 9.17) is 24.2 Å². The molecule has 3 aromatic heterocycles. The van der Waals surface area contributed by atoms with Crippen LogP contribution in [0, 0.1) is 12.8 Å². The van der Waals surface area contributed by atoms with Gasteiger partial charge >= 0.3 is 0 Å². The number of carbonyl (C=O) groups excluding carboxylic acids is 1. The molecular weight excluding hydrogens is 546 g/mol. The normalized spacial score (nSPS) is 17.8. The van der Waals surface area contributed by atoms with Gasteiger partial charge in [0.25, 0.3) is 0 Å². The predicted molar refractivity (Wildman–Crippen MR) is 162 cm³/mol. The van der Waals surface area contributed by atoms with Crippen molar-refractivity contribution < 1.29 is 19.0 Å². The van der Waals surface area contributed by atoms with Crippen LogP contribution in [0.4, 0.5) is 0 Å². The zero-order valence-corrected chi connectivity index (χ0v) is 24.6. The second-order valence-corrected chi connectivity index (χ2v) is 11.3. The topological polar surface area (TPSA) is 111 Å². The lowest BCUT2D eigenvalue weighted by atomic mass is 10.1. The lowest BCUT2D eigenvalue weighted by molar-refractivity contribution is -0.138. The van der Waals surface area contributed by atoms with Crippen LogP contribution >= 0.6 is 0 Å². The number of benzene rings is 2. The minimum atomic E-state index is -0.250. The molecule has 1 atom stereocenters. The minimum absolute atomic E-state index is 0.0183. The molecule has 2 aliphatic rings. The fraction of sp³-hybridized carbons (Fsp3) is 0.375. The average Bonchev–Trinajstić information content (AvgIpc) is 3.62. The standard InChI is InChI=1S/C32H35N7O4/c1-20-34-26-9-8-23(41-2)13-28(26)39(20)17-30(40)38-11-10-37(15-21-18-43-19-21)16-29(38)31-33-14-27(35-31)24-12-22-6-4-5-7-25(22)36-32(24)42-3/h4-9,12-14,21,29H,10-11,15-19H2,1-3H3,(H,33,35). The number of hydrogen-bond donors (Lipinski definition) is 1. The van der Waals surface area contributed by atoms with E-state index in [2.05, 4.69) is 20.9 Å². The van der Waals surface area contributed by atoms with E-state index in [9.17, 15) is 4.79 Å². The molecule has 2 aromatic carbocycles. The van der Waals surface area contributed by atoms with Gasteiger partial charge in [-0.25, -0.2) is 15.0 Å². The summed E-state index contributed by atoms with van der Waals surface area (Å²) in [4.78, 5) is 36.2. The second-order valence-electron chi connectivity index (χ2n) is 11.3. The van der Waals surface area contributed by atoms with E-state index in [-0.39, 0.29) is 18.5 Å². The van der Waals surface area contributed by atoms with E-state index in [1.165, 1.54) is 0 Å². The molecule has 1 unspecified atom stereocenters. The number of methoxy groups -OCH3 is 2. The summed E-state index contributed by atoms with van der Waals surface area (Å²) in [6.45, 7) is 6.71. The summed E-state index contributed by atoms with van der Waals surface area (Å²) in [5.74, 6) is 3.32. The van der Waals surface area contributed by atoms with E-state index < -0.39 is 0 Å². The third-order valence-electron chi connectivity index (χ3n) is 8.53. The summed E-state index contributed by atoms with van der Waals surface area (Å²) in [6.07, 6.45) is 1.81. The second kappa shape index (κ2) is 11.3.